The number of carbonyl (C=O) groups excluding carboxylic acids is 1. The van der Waals surface area contributed by atoms with E-state index in [4.69, 9.17) is 4.42 Å². The number of nitrogens with zero attached hydrogens (tertiary/aromatic N) is 5. The summed E-state index contributed by atoms with van der Waals surface area (Å²) in [6.07, 6.45) is 8.55. The Morgan fingerprint density at radius 2 is 2.30 bits per heavy atom. The molecule has 0 bridgehead atoms. The van der Waals surface area contributed by atoms with Crippen LogP contribution >= 0.6 is 0 Å². The average Bonchev–Trinajstić information content (AvgIpc) is 3.27. The lowest BCUT2D eigenvalue weighted by Gasteiger charge is -2.06. The van der Waals surface area contributed by atoms with Gasteiger partial charge in [-0.1, -0.05) is 0 Å². The first-order chi connectivity index (χ1) is 11.2. The van der Waals surface area contributed by atoms with E-state index in [1.54, 1.807) is 29.2 Å². The SMILES string of the molecule is Cc1cc2nc(NC(=O)c3ccco3)nn2cc1-n1ccnc1. The summed E-state index contributed by atoms with van der Waals surface area (Å²) >= 11 is 0. The smallest absolute Gasteiger partial charge is 0.293 e. The first-order valence-electron chi connectivity index (χ1n) is 6.91. The van der Waals surface area contributed by atoms with E-state index in [2.05, 4.69) is 20.4 Å². The molecule has 0 radical (unpaired) electrons. The minimum atomic E-state index is -0.391. The first-order valence-corrected chi connectivity index (χ1v) is 6.91. The molecule has 4 aromatic rings. The predicted octanol–water partition coefficient (Wildman–Crippen LogP) is 2.07. The zero-order chi connectivity index (χ0) is 15.8. The maximum Gasteiger partial charge on any atom is 0.293 e. The van der Waals surface area contributed by atoms with Crippen LogP contribution in [0.15, 0.2) is 53.8 Å². The number of aromatic nitrogens is 5. The number of fused-ring (bicyclic) bond motifs is 1. The number of furan rings is 1. The van der Waals surface area contributed by atoms with Gasteiger partial charge < -0.3 is 8.98 Å². The van der Waals surface area contributed by atoms with Gasteiger partial charge in [-0.25, -0.2) is 9.50 Å². The number of aryl methyl sites for hydroxylation is 1. The molecule has 0 fully saturated rings. The van der Waals surface area contributed by atoms with Crippen LogP contribution in [0.4, 0.5) is 5.95 Å². The first kappa shape index (κ1) is 13.3. The van der Waals surface area contributed by atoms with Crippen LogP contribution in [0.25, 0.3) is 11.3 Å². The molecule has 0 aromatic carbocycles. The Morgan fingerprint density at radius 3 is 3.04 bits per heavy atom. The number of hydrogen-bond donors (Lipinski definition) is 1. The molecule has 4 rings (SSSR count). The second-order valence-corrected chi connectivity index (χ2v) is 4.98. The van der Waals surface area contributed by atoms with Crippen LogP contribution in [0.5, 0.6) is 0 Å². The molecule has 0 spiro atoms. The summed E-state index contributed by atoms with van der Waals surface area (Å²) in [6.45, 7) is 1.98. The second-order valence-electron chi connectivity index (χ2n) is 4.98. The molecule has 0 saturated carbocycles. The molecule has 1 amide bonds. The van der Waals surface area contributed by atoms with Crippen molar-refractivity contribution in [2.75, 3.05) is 5.32 Å². The van der Waals surface area contributed by atoms with Gasteiger partial charge in [-0.05, 0) is 30.7 Å². The number of pyridine rings is 1. The lowest BCUT2D eigenvalue weighted by molar-refractivity contribution is 0.0996. The number of carbonyl (C=O) groups is 1. The largest absolute Gasteiger partial charge is 0.459 e. The third-order valence-corrected chi connectivity index (χ3v) is 3.40. The lowest BCUT2D eigenvalue weighted by atomic mass is 10.2. The highest BCUT2D eigenvalue weighted by Crippen LogP contribution is 2.17. The average molecular weight is 308 g/mol. The van der Waals surface area contributed by atoms with E-state index in [1.807, 2.05) is 30.0 Å². The highest BCUT2D eigenvalue weighted by atomic mass is 16.3. The van der Waals surface area contributed by atoms with E-state index in [-0.39, 0.29) is 11.7 Å². The van der Waals surface area contributed by atoms with E-state index < -0.39 is 5.91 Å². The molecule has 0 saturated heterocycles. The topological polar surface area (TPSA) is 90.3 Å². The molecule has 0 aliphatic carbocycles. The Bertz CT molecular complexity index is 969. The second kappa shape index (κ2) is 5.09. The Morgan fingerprint density at radius 1 is 1.39 bits per heavy atom. The van der Waals surface area contributed by atoms with Crippen molar-refractivity contribution in [2.24, 2.45) is 0 Å². The molecule has 8 nitrogen and oxygen atoms in total. The number of amides is 1. The molecule has 4 heterocycles. The Labute approximate surface area is 130 Å². The fourth-order valence-corrected chi connectivity index (χ4v) is 2.31. The number of rotatable bonds is 3. The normalized spacial score (nSPS) is 11.0. The van der Waals surface area contributed by atoms with Gasteiger partial charge in [0.2, 0.25) is 5.95 Å². The van der Waals surface area contributed by atoms with Gasteiger partial charge in [0.05, 0.1) is 24.5 Å². The van der Waals surface area contributed by atoms with E-state index in [9.17, 15) is 4.79 Å². The summed E-state index contributed by atoms with van der Waals surface area (Å²) in [7, 11) is 0. The summed E-state index contributed by atoms with van der Waals surface area (Å²) in [5, 5.41) is 6.88. The van der Waals surface area contributed by atoms with Crippen molar-refractivity contribution in [3.05, 3.63) is 60.7 Å². The Hall–Kier alpha value is -3.42. The van der Waals surface area contributed by atoms with E-state index in [0.29, 0.717) is 5.65 Å². The molecule has 0 atom stereocenters. The van der Waals surface area contributed by atoms with Gasteiger partial charge >= 0.3 is 0 Å². The Kier molecular flexibility index (Phi) is 2.94. The minimum Gasteiger partial charge on any atom is -0.459 e. The molecule has 0 aliphatic rings. The molecule has 4 aromatic heterocycles. The van der Waals surface area contributed by atoms with Crippen molar-refractivity contribution in [1.82, 2.24) is 24.1 Å². The van der Waals surface area contributed by atoms with Crippen molar-refractivity contribution in [3.63, 3.8) is 0 Å². The van der Waals surface area contributed by atoms with Crippen LogP contribution in [-0.2, 0) is 0 Å². The quantitative estimate of drug-likeness (QED) is 0.625. The summed E-state index contributed by atoms with van der Waals surface area (Å²) in [6, 6.07) is 5.12. The van der Waals surface area contributed by atoms with Crippen LogP contribution in [-0.4, -0.2) is 30.1 Å². The summed E-state index contributed by atoms with van der Waals surface area (Å²) in [5.41, 5.74) is 2.59. The molecular formula is C15H12N6O2. The lowest BCUT2D eigenvalue weighted by Crippen LogP contribution is -2.12. The fourth-order valence-electron chi connectivity index (χ4n) is 2.31. The van der Waals surface area contributed by atoms with Crippen LogP contribution in [0.1, 0.15) is 16.1 Å². The molecule has 8 heteroatoms. The highest BCUT2D eigenvalue weighted by molar-refractivity contribution is 6.01. The van der Waals surface area contributed by atoms with Gasteiger partial charge in [0.15, 0.2) is 11.4 Å². The molecule has 0 aliphatic heterocycles. The number of hydrogen-bond acceptors (Lipinski definition) is 5. The zero-order valence-corrected chi connectivity index (χ0v) is 12.2. The van der Waals surface area contributed by atoms with E-state index in [1.165, 1.54) is 6.26 Å². The number of nitrogens with one attached hydrogen (secondary N) is 1. The Balaban J connectivity index is 1.69. The standard InChI is InChI=1S/C15H12N6O2/c1-10-7-13-17-15(18-14(22)12-3-2-6-23-12)19-21(13)8-11(10)20-5-4-16-9-20/h2-9H,1H3,(H,18,19,22). The number of anilines is 1. The molecule has 23 heavy (non-hydrogen) atoms. The maximum atomic E-state index is 12.0. The third-order valence-electron chi connectivity index (χ3n) is 3.40. The van der Waals surface area contributed by atoms with Gasteiger partial charge in [-0.3, -0.25) is 10.1 Å². The maximum absolute atomic E-state index is 12.0. The van der Waals surface area contributed by atoms with Crippen LogP contribution < -0.4 is 5.32 Å². The molecule has 114 valence electrons. The van der Waals surface area contributed by atoms with E-state index in [0.717, 1.165) is 11.3 Å². The summed E-state index contributed by atoms with van der Waals surface area (Å²) in [5.74, 6) is 0.0326. The van der Waals surface area contributed by atoms with Gasteiger partial charge in [-0.2, -0.15) is 4.98 Å². The van der Waals surface area contributed by atoms with Crippen LogP contribution in [0.2, 0.25) is 0 Å². The third kappa shape index (κ3) is 2.35. The minimum absolute atomic E-state index is 0.208. The number of imidazole rings is 1. The van der Waals surface area contributed by atoms with Crippen LogP contribution in [0.3, 0.4) is 0 Å². The fraction of sp³-hybridized carbons (Fsp3) is 0.0667. The van der Waals surface area contributed by atoms with E-state index >= 15 is 0 Å². The molecule has 1 N–H and O–H groups in total. The highest BCUT2D eigenvalue weighted by Gasteiger charge is 2.13. The van der Waals surface area contributed by atoms with Crippen molar-refractivity contribution in [3.8, 4) is 5.69 Å². The van der Waals surface area contributed by atoms with Crippen molar-refractivity contribution in [2.45, 2.75) is 6.92 Å². The monoisotopic (exact) mass is 308 g/mol. The van der Waals surface area contributed by atoms with Crippen LogP contribution in [0, 0.1) is 6.92 Å². The van der Waals surface area contributed by atoms with Gasteiger partial charge in [-0.15, -0.1) is 5.10 Å². The predicted molar refractivity (Wildman–Crippen MR) is 81.5 cm³/mol. The van der Waals surface area contributed by atoms with Crippen molar-refractivity contribution < 1.29 is 9.21 Å². The summed E-state index contributed by atoms with van der Waals surface area (Å²) < 4.78 is 8.54. The summed E-state index contributed by atoms with van der Waals surface area (Å²) in [4.78, 5) is 20.3. The van der Waals surface area contributed by atoms with Gasteiger partial charge in [0, 0.05) is 12.4 Å². The molecular weight excluding hydrogens is 296 g/mol. The van der Waals surface area contributed by atoms with Crippen molar-refractivity contribution >= 4 is 17.5 Å². The zero-order valence-electron chi connectivity index (χ0n) is 12.2. The van der Waals surface area contributed by atoms with Gasteiger partial charge in [0.1, 0.15) is 0 Å². The van der Waals surface area contributed by atoms with Crippen molar-refractivity contribution in [1.29, 1.82) is 0 Å². The molecule has 0 unspecified atom stereocenters. The van der Waals surface area contributed by atoms with Gasteiger partial charge in [0.25, 0.3) is 5.91 Å².